The van der Waals surface area contributed by atoms with Gasteiger partial charge in [-0.1, -0.05) is 12.1 Å². The van der Waals surface area contributed by atoms with Gasteiger partial charge in [-0.25, -0.2) is 0 Å². The molecule has 138 valence electrons. The number of likely N-dealkylation sites (N-methyl/N-ethyl adjacent to an activating group) is 1. The van der Waals surface area contributed by atoms with Crippen molar-refractivity contribution in [3.8, 4) is 5.75 Å². The van der Waals surface area contributed by atoms with Crippen LogP contribution < -0.4 is 10.1 Å². The molecule has 2 aliphatic rings. The van der Waals surface area contributed by atoms with Gasteiger partial charge in [-0.2, -0.15) is 0 Å². The fraction of sp³-hybridized carbons (Fsp3) is 0.632. The van der Waals surface area contributed by atoms with E-state index in [1.807, 2.05) is 23.1 Å². The molecule has 2 heterocycles. The highest BCUT2D eigenvalue weighted by Gasteiger charge is 2.36. The van der Waals surface area contributed by atoms with E-state index in [0.717, 1.165) is 57.1 Å². The molecule has 0 radical (unpaired) electrons. The molecular formula is C19H30N4O2. The molecule has 0 saturated carbocycles. The largest absolute Gasteiger partial charge is 0.497 e. The second kappa shape index (κ2) is 8.17. The summed E-state index contributed by atoms with van der Waals surface area (Å²) in [5, 5.41) is 3.42. The van der Waals surface area contributed by atoms with Gasteiger partial charge in [0.15, 0.2) is 0 Å². The molecule has 6 heteroatoms. The van der Waals surface area contributed by atoms with Crippen LogP contribution >= 0.6 is 0 Å². The second-order valence-corrected chi connectivity index (χ2v) is 7.10. The number of hydrogen-bond donors (Lipinski definition) is 1. The first-order valence-corrected chi connectivity index (χ1v) is 9.18. The zero-order valence-corrected chi connectivity index (χ0v) is 15.6. The maximum atomic E-state index is 13.5. The maximum absolute atomic E-state index is 13.5. The second-order valence-electron chi connectivity index (χ2n) is 7.10. The first-order valence-electron chi connectivity index (χ1n) is 9.18. The molecule has 1 N–H and O–H groups in total. The van der Waals surface area contributed by atoms with Crippen molar-refractivity contribution in [1.29, 1.82) is 0 Å². The summed E-state index contributed by atoms with van der Waals surface area (Å²) >= 11 is 0. The van der Waals surface area contributed by atoms with Crippen LogP contribution in [0.2, 0.25) is 0 Å². The van der Waals surface area contributed by atoms with E-state index in [1.54, 1.807) is 7.11 Å². The van der Waals surface area contributed by atoms with Gasteiger partial charge in [0.25, 0.3) is 0 Å². The van der Waals surface area contributed by atoms with Crippen molar-refractivity contribution in [3.63, 3.8) is 0 Å². The summed E-state index contributed by atoms with van der Waals surface area (Å²) in [4.78, 5) is 20.1. The summed E-state index contributed by atoms with van der Waals surface area (Å²) in [6, 6.07) is 8.05. The van der Waals surface area contributed by atoms with Crippen LogP contribution in [-0.4, -0.2) is 86.6 Å². The molecule has 1 aromatic rings. The predicted molar refractivity (Wildman–Crippen MR) is 98.8 cm³/mol. The van der Waals surface area contributed by atoms with Gasteiger partial charge < -0.3 is 19.9 Å². The van der Waals surface area contributed by atoms with Gasteiger partial charge in [0.1, 0.15) is 11.8 Å². The number of rotatable bonds is 4. The Hall–Kier alpha value is -1.63. The lowest BCUT2D eigenvalue weighted by Gasteiger charge is -2.42. The maximum Gasteiger partial charge on any atom is 0.244 e. The number of hydrogen-bond acceptors (Lipinski definition) is 5. The number of piperazine rings is 2. The molecule has 25 heavy (non-hydrogen) atoms. The average molecular weight is 346 g/mol. The van der Waals surface area contributed by atoms with Crippen LogP contribution in [0.3, 0.4) is 0 Å². The predicted octanol–water partition coefficient (Wildman–Crippen LogP) is 0.804. The van der Waals surface area contributed by atoms with Gasteiger partial charge in [0.2, 0.25) is 5.91 Å². The normalized spacial score (nSPS) is 24.1. The van der Waals surface area contributed by atoms with Gasteiger partial charge in [-0.3, -0.25) is 9.69 Å². The minimum absolute atomic E-state index is 0.218. The Labute approximate surface area is 150 Å². The third-order valence-corrected chi connectivity index (χ3v) is 5.34. The lowest BCUT2D eigenvalue weighted by atomic mass is 10.00. The number of carbonyl (C=O) groups is 1. The molecule has 0 spiro atoms. The molecule has 2 fully saturated rings. The molecule has 2 saturated heterocycles. The van der Waals surface area contributed by atoms with Crippen molar-refractivity contribution >= 4 is 5.91 Å². The number of ether oxygens (including phenoxy) is 1. The van der Waals surface area contributed by atoms with Crippen LogP contribution in [0, 0.1) is 0 Å². The fourth-order valence-electron chi connectivity index (χ4n) is 3.73. The fourth-order valence-corrected chi connectivity index (χ4v) is 3.73. The van der Waals surface area contributed by atoms with E-state index in [2.05, 4.69) is 35.2 Å². The van der Waals surface area contributed by atoms with Crippen molar-refractivity contribution in [1.82, 2.24) is 20.0 Å². The Bertz CT molecular complexity index is 587. The average Bonchev–Trinajstić information content (AvgIpc) is 2.64. The third kappa shape index (κ3) is 4.14. The van der Waals surface area contributed by atoms with Crippen molar-refractivity contribution in [2.24, 2.45) is 0 Å². The lowest BCUT2D eigenvalue weighted by molar-refractivity contribution is -0.140. The molecule has 1 aromatic carbocycles. The van der Waals surface area contributed by atoms with Crippen LogP contribution in [-0.2, 0) is 4.79 Å². The Morgan fingerprint density at radius 3 is 2.68 bits per heavy atom. The smallest absolute Gasteiger partial charge is 0.244 e. The molecule has 1 amide bonds. The van der Waals surface area contributed by atoms with Crippen molar-refractivity contribution in [2.75, 3.05) is 60.0 Å². The van der Waals surface area contributed by atoms with Gasteiger partial charge in [0.05, 0.1) is 7.11 Å². The Balaban J connectivity index is 1.89. The van der Waals surface area contributed by atoms with Crippen LogP contribution in [0.15, 0.2) is 24.3 Å². The molecule has 6 nitrogen and oxygen atoms in total. The lowest BCUT2D eigenvalue weighted by Crippen LogP contribution is -2.56. The summed E-state index contributed by atoms with van der Waals surface area (Å²) in [5.41, 5.74) is 1.03. The third-order valence-electron chi connectivity index (χ3n) is 5.34. The van der Waals surface area contributed by atoms with Gasteiger partial charge >= 0.3 is 0 Å². The highest BCUT2D eigenvalue weighted by atomic mass is 16.5. The van der Waals surface area contributed by atoms with Crippen molar-refractivity contribution < 1.29 is 9.53 Å². The summed E-state index contributed by atoms with van der Waals surface area (Å²) in [6.45, 7) is 8.38. The van der Waals surface area contributed by atoms with E-state index in [1.165, 1.54) is 0 Å². The molecular weight excluding hydrogens is 316 g/mol. The van der Waals surface area contributed by atoms with E-state index in [0.29, 0.717) is 6.04 Å². The first-order chi connectivity index (χ1) is 12.1. The summed E-state index contributed by atoms with van der Waals surface area (Å²) in [7, 11) is 3.78. The number of nitrogens with zero attached hydrogens (tertiary/aromatic N) is 3. The summed E-state index contributed by atoms with van der Waals surface area (Å²) in [5.74, 6) is 1.02. The molecule has 0 aliphatic carbocycles. The van der Waals surface area contributed by atoms with Gasteiger partial charge in [-0.15, -0.1) is 0 Å². The molecule has 2 aliphatic heterocycles. The van der Waals surface area contributed by atoms with Crippen LogP contribution in [0.1, 0.15) is 18.5 Å². The van der Waals surface area contributed by atoms with E-state index in [-0.39, 0.29) is 11.9 Å². The number of nitrogens with one attached hydrogen (secondary N) is 1. The zero-order chi connectivity index (χ0) is 17.8. The highest BCUT2D eigenvalue weighted by molar-refractivity contribution is 5.83. The summed E-state index contributed by atoms with van der Waals surface area (Å²) < 4.78 is 5.40. The minimum Gasteiger partial charge on any atom is -0.497 e. The Morgan fingerprint density at radius 2 is 2.00 bits per heavy atom. The number of carbonyl (C=O) groups excluding carboxylic acids is 1. The zero-order valence-electron chi connectivity index (χ0n) is 15.6. The molecule has 0 aromatic heterocycles. The van der Waals surface area contributed by atoms with E-state index >= 15 is 0 Å². The number of methoxy groups -OCH3 is 1. The van der Waals surface area contributed by atoms with E-state index in [4.69, 9.17) is 4.74 Å². The van der Waals surface area contributed by atoms with Gasteiger partial charge in [0, 0.05) is 51.9 Å². The van der Waals surface area contributed by atoms with E-state index < -0.39 is 0 Å². The Morgan fingerprint density at radius 1 is 1.24 bits per heavy atom. The number of amides is 1. The standard InChI is InChI=1S/C19H30N4O2/c1-15-14-20-7-8-23(15)18(16-5-4-6-17(13-16)25-3)19(24)22-11-9-21(2)10-12-22/h4-6,13,15,18,20H,7-12,14H2,1-3H3. The molecule has 0 bridgehead atoms. The summed E-state index contributed by atoms with van der Waals surface area (Å²) in [6.07, 6.45) is 0. The van der Waals surface area contributed by atoms with Crippen LogP contribution in [0.5, 0.6) is 5.75 Å². The molecule has 2 unspecified atom stereocenters. The molecule has 3 rings (SSSR count). The monoisotopic (exact) mass is 346 g/mol. The SMILES string of the molecule is COc1cccc(C(C(=O)N2CCN(C)CC2)N2CCNCC2C)c1. The molecule has 2 atom stereocenters. The first kappa shape index (κ1) is 18.2. The van der Waals surface area contributed by atoms with Crippen molar-refractivity contribution in [2.45, 2.75) is 19.0 Å². The number of benzene rings is 1. The van der Waals surface area contributed by atoms with Crippen molar-refractivity contribution in [3.05, 3.63) is 29.8 Å². The topological polar surface area (TPSA) is 48.1 Å². The van der Waals surface area contributed by atoms with E-state index in [9.17, 15) is 4.79 Å². The highest BCUT2D eigenvalue weighted by Crippen LogP contribution is 2.29. The van der Waals surface area contributed by atoms with Gasteiger partial charge in [-0.05, 0) is 31.7 Å². The quantitative estimate of drug-likeness (QED) is 0.874. The van der Waals surface area contributed by atoms with Crippen LogP contribution in [0.25, 0.3) is 0 Å². The Kier molecular flexibility index (Phi) is 5.93. The minimum atomic E-state index is -0.240. The van der Waals surface area contributed by atoms with Crippen LogP contribution in [0.4, 0.5) is 0 Å².